The Morgan fingerprint density at radius 2 is 2.16 bits per heavy atom. The summed E-state index contributed by atoms with van der Waals surface area (Å²) < 4.78 is 29.2. The summed E-state index contributed by atoms with van der Waals surface area (Å²) in [5, 5.41) is 3.36. The molecule has 106 valence electrons. The maximum atomic E-state index is 12.1. The third-order valence-electron chi connectivity index (χ3n) is 3.23. The van der Waals surface area contributed by atoms with Crippen LogP contribution in [0.1, 0.15) is 12.0 Å². The van der Waals surface area contributed by atoms with E-state index in [-0.39, 0.29) is 0 Å². The lowest BCUT2D eigenvalue weighted by Gasteiger charge is -2.24. The molecular weight excluding hydrogens is 250 g/mol. The molecule has 19 heavy (non-hydrogen) atoms. The second-order valence-corrected chi connectivity index (χ2v) is 4.74. The maximum Gasteiger partial charge on any atom is 0.272 e. The molecule has 2 rings (SSSR count). The Morgan fingerprint density at radius 1 is 1.32 bits per heavy atom. The lowest BCUT2D eigenvalue weighted by molar-refractivity contribution is 0.0819. The van der Waals surface area contributed by atoms with Crippen molar-refractivity contribution in [3.05, 3.63) is 23.8 Å². The number of rotatable bonds is 4. The summed E-state index contributed by atoms with van der Waals surface area (Å²) in [7, 11) is 0. The molecule has 0 atom stereocenters. The number of benzene rings is 1. The fourth-order valence-electron chi connectivity index (χ4n) is 2.32. The fourth-order valence-corrected chi connectivity index (χ4v) is 2.32. The van der Waals surface area contributed by atoms with Crippen molar-refractivity contribution in [3.8, 4) is 5.75 Å². The molecule has 0 amide bonds. The molecule has 1 saturated heterocycles. The van der Waals surface area contributed by atoms with Gasteiger partial charge in [0.25, 0.3) is 6.43 Å². The first-order valence-electron chi connectivity index (χ1n) is 6.64. The van der Waals surface area contributed by atoms with Gasteiger partial charge in [0.05, 0.1) is 0 Å². The number of nitrogens with zero attached hydrogens (tertiary/aromatic N) is 1. The number of alkyl halides is 2. The van der Waals surface area contributed by atoms with Crippen LogP contribution in [0.5, 0.6) is 5.75 Å². The molecule has 1 N–H and O–H groups in total. The van der Waals surface area contributed by atoms with Crippen molar-refractivity contribution < 1.29 is 13.5 Å². The minimum atomic E-state index is -2.43. The third-order valence-corrected chi connectivity index (χ3v) is 3.23. The molecule has 0 aromatic heterocycles. The summed E-state index contributed by atoms with van der Waals surface area (Å²) in [6.45, 7) is 5.45. The molecule has 1 aliphatic heterocycles. The Morgan fingerprint density at radius 3 is 2.89 bits per heavy atom. The quantitative estimate of drug-likeness (QED) is 0.909. The Hall–Kier alpha value is -1.36. The molecule has 0 spiro atoms. The van der Waals surface area contributed by atoms with E-state index in [2.05, 4.69) is 10.2 Å². The molecule has 1 heterocycles. The summed E-state index contributed by atoms with van der Waals surface area (Å²) in [6, 6.07) is 5.56. The highest BCUT2D eigenvalue weighted by Gasteiger charge is 2.12. The molecule has 1 aliphatic rings. The molecule has 0 aliphatic carbocycles. The predicted molar refractivity (Wildman–Crippen MR) is 72.4 cm³/mol. The van der Waals surface area contributed by atoms with Gasteiger partial charge in [-0.25, -0.2) is 8.78 Å². The van der Waals surface area contributed by atoms with Gasteiger partial charge in [-0.15, -0.1) is 0 Å². The second kappa shape index (κ2) is 6.70. The summed E-state index contributed by atoms with van der Waals surface area (Å²) in [5.41, 5.74) is 2.22. The predicted octanol–water partition coefficient (Wildman–Crippen LogP) is 2.44. The first-order valence-corrected chi connectivity index (χ1v) is 6.64. The van der Waals surface area contributed by atoms with Crippen LogP contribution in [-0.2, 0) is 0 Å². The first-order chi connectivity index (χ1) is 9.16. The number of aryl methyl sites for hydroxylation is 1. The molecule has 0 saturated carbocycles. The van der Waals surface area contributed by atoms with Gasteiger partial charge in [-0.3, -0.25) is 0 Å². The molecule has 5 heteroatoms. The number of anilines is 1. The van der Waals surface area contributed by atoms with E-state index in [1.165, 1.54) is 0 Å². The van der Waals surface area contributed by atoms with Crippen LogP contribution in [-0.4, -0.2) is 39.2 Å². The fraction of sp³-hybridized carbons (Fsp3) is 0.571. The van der Waals surface area contributed by atoms with Crippen molar-refractivity contribution >= 4 is 5.69 Å². The molecule has 0 unspecified atom stereocenters. The number of hydrogen-bond acceptors (Lipinski definition) is 3. The van der Waals surface area contributed by atoms with E-state index in [1.807, 2.05) is 19.1 Å². The SMILES string of the molecule is Cc1cc(OCC(F)F)ccc1N1CCCNCC1. The van der Waals surface area contributed by atoms with Crippen LogP contribution in [0.15, 0.2) is 18.2 Å². The summed E-state index contributed by atoms with van der Waals surface area (Å²) in [4.78, 5) is 2.33. The topological polar surface area (TPSA) is 24.5 Å². The van der Waals surface area contributed by atoms with Gasteiger partial charge in [0.1, 0.15) is 12.4 Å². The van der Waals surface area contributed by atoms with Gasteiger partial charge in [0.15, 0.2) is 0 Å². The Labute approximate surface area is 112 Å². The summed E-state index contributed by atoms with van der Waals surface area (Å²) >= 11 is 0. The smallest absolute Gasteiger partial charge is 0.272 e. The van der Waals surface area contributed by atoms with Gasteiger partial charge < -0.3 is 15.0 Å². The van der Waals surface area contributed by atoms with Gasteiger partial charge in [0.2, 0.25) is 0 Å². The zero-order valence-electron chi connectivity index (χ0n) is 11.2. The average Bonchev–Trinajstić information content (AvgIpc) is 2.65. The van der Waals surface area contributed by atoms with E-state index in [9.17, 15) is 8.78 Å². The van der Waals surface area contributed by atoms with Gasteiger partial charge in [-0.05, 0) is 43.7 Å². The van der Waals surface area contributed by atoms with Crippen LogP contribution >= 0.6 is 0 Å². The third kappa shape index (κ3) is 4.06. The lowest BCUT2D eigenvalue weighted by Crippen LogP contribution is -2.28. The molecule has 3 nitrogen and oxygen atoms in total. The van der Waals surface area contributed by atoms with Gasteiger partial charge in [0, 0.05) is 25.3 Å². The Kier molecular flexibility index (Phi) is 4.96. The Balaban J connectivity index is 2.05. The average molecular weight is 270 g/mol. The Bertz CT molecular complexity index is 404. The number of hydrogen-bond donors (Lipinski definition) is 1. The maximum absolute atomic E-state index is 12.1. The zero-order valence-corrected chi connectivity index (χ0v) is 11.2. The van der Waals surface area contributed by atoms with E-state index in [4.69, 9.17) is 4.74 Å². The van der Waals surface area contributed by atoms with Crippen molar-refractivity contribution in [1.82, 2.24) is 5.32 Å². The zero-order chi connectivity index (χ0) is 13.7. The van der Waals surface area contributed by atoms with Crippen molar-refractivity contribution in [1.29, 1.82) is 0 Å². The van der Waals surface area contributed by atoms with Crippen LogP contribution in [0.25, 0.3) is 0 Å². The van der Waals surface area contributed by atoms with E-state index in [1.54, 1.807) is 6.07 Å². The lowest BCUT2D eigenvalue weighted by atomic mass is 10.1. The van der Waals surface area contributed by atoms with Crippen molar-refractivity contribution in [3.63, 3.8) is 0 Å². The molecule has 1 aromatic carbocycles. The van der Waals surface area contributed by atoms with E-state index >= 15 is 0 Å². The highest BCUT2D eigenvalue weighted by Crippen LogP contribution is 2.25. The van der Waals surface area contributed by atoms with Crippen molar-refractivity contribution in [2.45, 2.75) is 19.8 Å². The normalized spacial score (nSPS) is 16.5. The van der Waals surface area contributed by atoms with Crippen LogP contribution < -0.4 is 15.0 Å². The molecule has 0 radical (unpaired) electrons. The van der Waals surface area contributed by atoms with Crippen LogP contribution in [0.4, 0.5) is 14.5 Å². The highest BCUT2D eigenvalue weighted by atomic mass is 19.3. The summed E-state index contributed by atoms with van der Waals surface area (Å²) in [6.07, 6.45) is -1.32. The number of nitrogens with one attached hydrogen (secondary N) is 1. The first kappa shape index (κ1) is 14.1. The molecular formula is C14H20F2N2O. The minimum Gasteiger partial charge on any atom is -0.488 e. The van der Waals surface area contributed by atoms with Crippen LogP contribution in [0.3, 0.4) is 0 Å². The van der Waals surface area contributed by atoms with Gasteiger partial charge >= 0.3 is 0 Å². The van der Waals surface area contributed by atoms with E-state index < -0.39 is 13.0 Å². The van der Waals surface area contributed by atoms with Crippen molar-refractivity contribution in [2.75, 3.05) is 37.7 Å². The van der Waals surface area contributed by atoms with Gasteiger partial charge in [-0.2, -0.15) is 0 Å². The van der Waals surface area contributed by atoms with Crippen molar-refractivity contribution in [2.24, 2.45) is 0 Å². The minimum absolute atomic E-state index is 0.509. The summed E-state index contributed by atoms with van der Waals surface area (Å²) in [5.74, 6) is 0.509. The van der Waals surface area contributed by atoms with Gasteiger partial charge in [-0.1, -0.05) is 0 Å². The standard InChI is InChI=1S/C14H20F2N2O/c1-11-9-12(19-10-14(15)16)3-4-13(11)18-7-2-5-17-6-8-18/h3-4,9,14,17H,2,5-8,10H2,1H3. The largest absolute Gasteiger partial charge is 0.488 e. The molecule has 1 fully saturated rings. The number of halogens is 2. The second-order valence-electron chi connectivity index (χ2n) is 4.74. The molecule has 1 aromatic rings. The van der Waals surface area contributed by atoms with Crippen LogP contribution in [0.2, 0.25) is 0 Å². The number of ether oxygens (including phenoxy) is 1. The monoisotopic (exact) mass is 270 g/mol. The highest BCUT2D eigenvalue weighted by molar-refractivity contribution is 5.56. The van der Waals surface area contributed by atoms with E-state index in [0.29, 0.717) is 5.75 Å². The molecule has 0 bridgehead atoms. The van der Waals surface area contributed by atoms with E-state index in [0.717, 1.165) is 43.9 Å². The van der Waals surface area contributed by atoms with Crippen LogP contribution in [0, 0.1) is 6.92 Å².